The van der Waals surface area contributed by atoms with Crippen LogP contribution in [0.2, 0.25) is 0 Å². The van der Waals surface area contributed by atoms with E-state index in [0.717, 1.165) is 32.4 Å². The third kappa shape index (κ3) is 8.71. The summed E-state index contributed by atoms with van der Waals surface area (Å²) < 4.78 is 0. The van der Waals surface area contributed by atoms with E-state index in [1.807, 2.05) is 11.8 Å². The van der Waals surface area contributed by atoms with Crippen molar-refractivity contribution < 1.29 is 9.90 Å². The number of nitrogens with zero attached hydrogens (tertiary/aromatic N) is 3. The van der Waals surface area contributed by atoms with E-state index in [4.69, 9.17) is 27.5 Å². The van der Waals surface area contributed by atoms with Crippen LogP contribution in [0, 0.1) is 23.7 Å². The van der Waals surface area contributed by atoms with Crippen molar-refractivity contribution >= 4 is 17.8 Å². The largest absolute Gasteiger partial charge is 0.481 e. The number of nitrogens with two attached hydrogens (primary N) is 2. The normalized spacial score (nSPS) is 15.4. The first-order chi connectivity index (χ1) is 13.8. The number of hydrogen-bond acceptors (Lipinski definition) is 4. The lowest BCUT2D eigenvalue weighted by atomic mass is 9.89. The lowest BCUT2D eigenvalue weighted by Gasteiger charge is -2.32. The molecule has 0 unspecified atom stereocenters. The zero-order chi connectivity index (χ0) is 21.8. The summed E-state index contributed by atoms with van der Waals surface area (Å²) in [5, 5.41) is 29.5. The monoisotopic (exact) mass is 403 g/mol. The summed E-state index contributed by atoms with van der Waals surface area (Å²) in [7, 11) is 0. The van der Waals surface area contributed by atoms with Crippen LogP contribution >= 0.6 is 0 Å². The molecule has 0 bridgehead atoms. The van der Waals surface area contributed by atoms with Gasteiger partial charge in [0.05, 0.1) is 5.92 Å². The maximum Gasteiger partial charge on any atom is 0.306 e. The van der Waals surface area contributed by atoms with E-state index < -0.39 is 11.9 Å². The Labute approximate surface area is 172 Å². The lowest BCUT2D eigenvalue weighted by Crippen LogP contribution is -2.41. The fourth-order valence-corrected chi connectivity index (χ4v) is 3.30. The molecule has 0 aromatic heterocycles. The van der Waals surface area contributed by atoms with Crippen LogP contribution in [-0.4, -0.2) is 40.9 Å². The van der Waals surface area contributed by atoms with Crippen molar-refractivity contribution in [3.8, 4) is 0 Å². The molecule has 1 saturated heterocycles. The molecule has 1 fully saturated rings. The Morgan fingerprint density at radius 3 is 2.31 bits per heavy atom. The SMILES string of the molecule is CCC[C@@H](CC(=N)N=NN)C(=O)O.Cc1ccc(C2CCN(C(=N)N)CC2)cc1. The highest BCUT2D eigenvalue weighted by Crippen LogP contribution is 2.27. The number of hydrogen-bond donors (Lipinski definition) is 5. The fraction of sp³-hybridized carbons (Fsp3) is 0.550. The summed E-state index contributed by atoms with van der Waals surface area (Å²) in [5.41, 5.74) is 8.22. The van der Waals surface area contributed by atoms with E-state index in [2.05, 4.69) is 41.5 Å². The number of carboxylic acid groups (broad SMARTS) is 1. The molecule has 9 heteroatoms. The van der Waals surface area contributed by atoms with E-state index in [1.165, 1.54) is 11.1 Å². The van der Waals surface area contributed by atoms with Crippen molar-refractivity contribution in [2.24, 2.45) is 27.8 Å². The predicted molar refractivity (Wildman–Crippen MR) is 114 cm³/mol. The van der Waals surface area contributed by atoms with Gasteiger partial charge in [0.1, 0.15) is 5.84 Å². The average Bonchev–Trinajstić information content (AvgIpc) is 2.69. The molecule has 0 saturated carbocycles. The number of carbonyl (C=O) groups is 1. The summed E-state index contributed by atoms with van der Waals surface area (Å²) in [5.74, 6) is 4.02. The van der Waals surface area contributed by atoms with Gasteiger partial charge in [0.2, 0.25) is 0 Å². The first kappa shape index (κ1) is 24.1. The van der Waals surface area contributed by atoms with Crippen LogP contribution in [0.4, 0.5) is 0 Å². The van der Waals surface area contributed by atoms with E-state index in [1.54, 1.807) is 0 Å². The predicted octanol–water partition coefficient (Wildman–Crippen LogP) is 3.25. The van der Waals surface area contributed by atoms with Crippen molar-refractivity contribution in [1.29, 1.82) is 10.8 Å². The van der Waals surface area contributed by atoms with E-state index in [0.29, 0.717) is 12.3 Å². The van der Waals surface area contributed by atoms with Crippen LogP contribution < -0.4 is 11.6 Å². The number of piperidine rings is 1. The Morgan fingerprint density at radius 1 is 1.28 bits per heavy atom. The van der Waals surface area contributed by atoms with Crippen LogP contribution in [0.5, 0.6) is 0 Å². The number of benzene rings is 1. The summed E-state index contributed by atoms with van der Waals surface area (Å²) in [4.78, 5) is 12.6. The second-order valence-corrected chi connectivity index (χ2v) is 7.25. The van der Waals surface area contributed by atoms with Crippen LogP contribution in [0.3, 0.4) is 0 Å². The van der Waals surface area contributed by atoms with Crippen molar-refractivity contribution in [2.45, 2.75) is 51.9 Å². The highest BCUT2D eigenvalue weighted by atomic mass is 16.4. The summed E-state index contributed by atoms with van der Waals surface area (Å²) >= 11 is 0. The van der Waals surface area contributed by atoms with Gasteiger partial charge in [-0.25, -0.2) is 0 Å². The molecule has 1 aliphatic heterocycles. The molecule has 160 valence electrons. The topological polar surface area (TPSA) is 165 Å². The standard InChI is InChI=1S/C13H19N3.C7H14N4O2/c1-10-2-4-11(5-3-10)12-6-8-16(9-7-12)13(14)15;1-2-3-5(7(12)13)4-6(8)10-11-9/h2-5,12H,6-9H2,1H3,(H3,14,15);5H,2-4H2,1H3,(H,12,13)(H3,8,9,10)/t;5-/m.0/s1. The molecule has 29 heavy (non-hydrogen) atoms. The first-order valence-electron chi connectivity index (χ1n) is 9.85. The van der Waals surface area contributed by atoms with Gasteiger partial charge >= 0.3 is 5.97 Å². The summed E-state index contributed by atoms with van der Waals surface area (Å²) in [6, 6.07) is 8.80. The molecule has 0 amide bonds. The molecular weight excluding hydrogens is 370 g/mol. The van der Waals surface area contributed by atoms with Gasteiger partial charge in [-0.3, -0.25) is 15.6 Å². The maximum absolute atomic E-state index is 10.6. The number of guanidine groups is 1. The molecule has 2 rings (SSSR count). The highest BCUT2D eigenvalue weighted by Gasteiger charge is 2.21. The van der Waals surface area contributed by atoms with Gasteiger partial charge in [-0.1, -0.05) is 48.4 Å². The minimum atomic E-state index is -0.904. The zero-order valence-corrected chi connectivity index (χ0v) is 17.3. The van der Waals surface area contributed by atoms with E-state index in [-0.39, 0.29) is 18.2 Å². The average molecular weight is 404 g/mol. The molecule has 1 aliphatic rings. The van der Waals surface area contributed by atoms with Gasteiger partial charge in [0.25, 0.3) is 0 Å². The first-order valence-corrected chi connectivity index (χ1v) is 9.85. The molecule has 9 nitrogen and oxygen atoms in total. The Balaban J connectivity index is 0.000000298. The molecule has 1 aromatic rings. The Hall–Kier alpha value is -2.97. The van der Waals surface area contributed by atoms with Gasteiger partial charge < -0.3 is 21.6 Å². The van der Waals surface area contributed by atoms with Crippen molar-refractivity contribution in [1.82, 2.24) is 4.90 Å². The van der Waals surface area contributed by atoms with Crippen molar-refractivity contribution in [2.75, 3.05) is 13.1 Å². The summed E-state index contributed by atoms with van der Waals surface area (Å²) in [6.45, 7) is 5.83. The van der Waals surface area contributed by atoms with Crippen LogP contribution in [0.25, 0.3) is 0 Å². The van der Waals surface area contributed by atoms with Crippen LogP contribution in [0.1, 0.15) is 56.1 Å². The van der Waals surface area contributed by atoms with Crippen molar-refractivity contribution in [3.05, 3.63) is 35.4 Å². The number of aryl methyl sites for hydroxylation is 1. The third-order valence-corrected chi connectivity index (χ3v) is 4.99. The molecule has 0 spiro atoms. The quantitative estimate of drug-likeness (QED) is 0.161. The van der Waals surface area contributed by atoms with Gasteiger partial charge in [-0.05, 0) is 37.7 Å². The minimum Gasteiger partial charge on any atom is -0.481 e. The maximum atomic E-state index is 10.6. The van der Waals surface area contributed by atoms with Crippen LogP contribution in [0.15, 0.2) is 34.6 Å². The lowest BCUT2D eigenvalue weighted by molar-refractivity contribution is -0.141. The Morgan fingerprint density at radius 2 is 1.86 bits per heavy atom. The van der Waals surface area contributed by atoms with Gasteiger partial charge in [-0.15, -0.1) is 5.11 Å². The van der Waals surface area contributed by atoms with Crippen LogP contribution in [-0.2, 0) is 4.79 Å². The number of nitrogens with one attached hydrogen (secondary N) is 2. The smallest absolute Gasteiger partial charge is 0.306 e. The van der Waals surface area contributed by atoms with Gasteiger partial charge in [0.15, 0.2) is 5.96 Å². The number of carboxylic acids is 1. The molecule has 1 aromatic carbocycles. The molecule has 1 atom stereocenters. The zero-order valence-electron chi connectivity index (χ0n) is 17.3. The third-order valence-electron chi connectivity index (χ3n) is 4.99. The van der Waals surface area contributed by atoms with E-state index in [9.17, 15) is 4.79 Å². The van der Waals surface area contributed by atoms with Crippen molar-refractivity contribution in [3.63, 3.8) is 0 Å². The number of aliphatic carboxylic acids is 1. The number of likely N-dealkylation sites (tertiary alicyclic amines) is 1. The highest BCUT2D eigenvalue weighted by molar-refractivity contribution is 5.84. The minimum absolute atomic E-state index is 0.0872. The Bertz CT molecular complexity index is 695. The second kappa shape index (κ2) is 12.5. The molecule has 7 N–H and O–H groups in total. The molecular formula is C20H33N7O2. The summed E-state index contributed by atoms with van der Waals surface area (Å²) in [6.07, 6.45) is 3.59. The second-order valence-electron chi connectivity index (χ2n) is 7.25. The number of amidine groups is 1. The molecule has 0 radical (unpaired) electrons. The fourth-order valence-electron chi connectivity index (χ4n) is 3.30. The van der Waals surface area contributed by atoms with E-state index >= 15 is 0 Å². The van der Waals surface area contributed by atoms with Gasteiger partial charge in [-0.2, -0.15) is 0 Å². The van der Waals surface area contributed by atoms with Gasteiger partial charge in [0, 0.05) is 19.5 Å². The Kier molecular flexibility index (Phi) is 10.4. The number of rotatable bonds is 6. The molecule has 0 aliphatic carbocycles. The molecule has 1 heterocycles.